The van der Waals surface area contributed by atoms with Crippen molar-refractivity contribution in [3.8, 4) is 0 Å². The number of nitrogens with two attached hydrogens (primary N) is 1. The first-order valence-corrected chi connectivity index (χ1v) is 2.91. The number of rotatable bonds is 3. The van der Waals surface area contributed by atoms with Gasteiger partial charge < -0.3 is 16.2 Å². The molecule has 0 aliphatic rings. The van der Waals surface area contributed by atoms with Crippen LogP contribution in [0.5, 0.6) is 0 Å². The number of primary amides is 1. The quantitative estimate of drug-likeness (QED) is 0.464. The molecule has 0 heterocycles. The number of aliphatic hydroxyl groups excluding tert-OH is 1. The third-order valence-corrected chi connectivity index (χ3v) is 0.871. The Balaban J connectivity index is 3.26. The number of urea groups is 1. The molecule has 9 heavy (non-hydrogen) atoms. The van der Waals surface area contributed by atoms with Crippen LogP contribution in [0, 0.1) is 0 Å². The van der Waals surface area contributed by atoms with Gasteiger partial charge in [-0.05, 0) is 6.42 Å². The fourth-order valence-electron chi connectivity index (χ4n) is 0.510. The maximum Gasteiger partial charge on any atom is 0.314 e. The standard InChI is InChI=1S/C5H12N2O2/c1-2-3-4(8)7-5(6)9/h4,8H,2-3H2,1H3,(H3,6,7,9). The summed E-state index contributed by atoms with van der Waals surface area (Å²) in [7, 11) is 0. The Kier molecular flexibility index (Phi) is 3.79. The van der Waals surface area contributed by atoms with E-state index in [2.05, 4.69) is 5.32 Å². The maximum atomic E-state index is 10.0. The van der Waals surface area contributed by atoms with Crippen LogP contribution in [-0.4, -0.2) is 17.4 Å². The molecule has 0 aromatic rings. The summed E-state index contributed by atoms with van der Waals surface area (Å²) in [5.74, 6) is 0. The fourth-order valence-corrected chi connectivity index (χ4v) is 0.510. The van der Waals surface area contributed by atoms with E-state index < -0.39 is 12.3 Å². The Labute approximate surface area is 54.0 Å². The summed E-state index contributed by atoms with van der Waals surface area (Å²) < 4.78 is 0. The highest BCUT2D eigenvalue weighted by molar-refractivity contribution is 5.71. The third-order valence-electron chi connectivity index (χ3n) is 0.871. The highest BCUT2D eigenvalue weighted by Gasteiger charge is 2.01. The summed E-state index contributed by atoms with van der Waals surface area (Å²) >= 11 is 0. The number of amides is 2. The predicted octanol–water partition coefficient (Wildman–Crippen LogP) is -0.227. The van der Waals surface area contributed by atoms with Gasteiger partial charge in [-0.2, -0.15) is 0 Å². The molecule has 0 aliphatic heterocycles. The summed E-state index contributed by atoms with van der Waals surface area (Å²) in [5, 5.41) is 10.9. The number of hydrogen-bond donors (Lipinski definition) is 3. The van der Waals surface area contributed by atoms with Gasteiger partial charge in [0.1, 0.15) is 6.23 Å². The highest BCUT2D eigenvalue weighted by atomic mass is 16.3. The minimum Gasteiger partial charge on any atom is -0.374 e. The van der Waals surface area contributed by atoms with E-state index >= 15 is 0 Å². The molecule has 0 aromatic heterocycles. The van der Waals surface area contributed by atoms with E-state index in [4.69, 9.17) is 10.8 Å². The first-order valence-electron chi connectivity index (χ1n) is 2.91. The zero-order valence-electron chi connectivity index (χ0n) is 5.42. The molecule has 0 saturated heterocycles. The molecule has 0 saturated carbocycles. The van der Waals surface area contributed by atoms with Gasteiger partial charge in [0, 0.05) is 0 Å². The molecule has 0 rings (SSSR count). The number of aliphatic hydroxyl groups is 1. The van der Waals surface area contributed by atoms with Crippen LogP contribution in [0.15, 0.2) is 0 Å². The van der Waals surface area contributed by atoms with E-state index in [1.807, 2.05) is 6.92 Å². The second kappa shape index (κ2) is 4.14. The normalized spacial score (nSPS) is 12.7. The molecule has 4 N–H and O–H groups in total. The zero-order chi connectivity index (χ0) is 7.28. The van der Waals surface area contributed by atoms with Crippen LogP contribution in [0.25, 0.3) is 0 Å². The van der Waals surface area contributed by atoms with E-state index in [1.54, 1.807) is 0 Å². The molecule has 4 nitrogen and oxygen atoms in total. The molecule has 0 aliphatic carbocycles. The molecule has 4 heteroatoms. The second-order valence-corrected chi connectivity index (χ2v) is 1.81. The van der Waals surface area contributed by atoms with Crippen molar-refractivity contribution in [1.29, 1.82) is 0 Å². The second-order valence-electron chi connectivity index (χ2n) is 1.81. The SMILES string of the molecule is CCCC(O)NC(N)=O. The van der Waals surface area contributed by atoms with Crippen LogP contribution in [0.2, 0.25) is 0 Å². The Hall–Kier alpha value is -0.770. The number of carbonyl (C=O) groups excluding carboxylic acids is 1. The van der Waals surface area contributed by atoms with E-state index in [9.17, 15) is 4.79 Å². The van der Waals surface area contributed by atoms with Crippen LogP contribution in [0.1, 0.15) is 19.8 Å². The lowest BCUT2D eigenvalue weighted by Gasteiger charge is -2.07. The lowest BCUT2D eigenvalue weighted by molar-refractivity contribution is 0.134. The van der Waals surface area contributed by atoms with Crippen molar-refractivity contribution < 1.29 is 9.90 Å². The molecule has 54 valence electrons. The number of hydrogen-bond acceptors (Lipinski definition) is 2. The van der Waals surface area contributed by atoms with E-state index in [1.165, 1.54) is 0 Å². The smallest absolute Gasteiger partial charge is 0.314 e. The van der Waals surface area contributed by atoms with Crippen molar-refractivity contribution in [2.45, 2.75) is 26.0 Å². The van der Waals surface area contributed by atoms with E-state index in [0.29, 0.717) is 6.42 Å². The topological polar surface area (TPSA) is 75.3 Å². The van der Waals surface area contributed by atoms with Crippen molar-refractivity contribution >= 4 is 6.03 Å². The molecular formula is C5H12N2O2. The molecule has 0 radical (unpaired) electrons. The Bertz CT molecular complexity index is 95.0. The molecule has 1 unspecified atom stereocenters. The summed E-state index contributed by atoms with van der Waals surface area (Å²) in [6, 6.07) is -0.684. The molecule has 0 bridgehead atoms. The molecular weight excluding hydrogens is 120 g/mol. The van der Waals surface area contributed by atoms with Gasteiger partial charge in [0.05, 0.1) is 0 Å². The van der Waals surface area contributed by atoms with Gasteiger partial charge >= 0.3 is 6.03 Å². The van der Waals surface area contributed by atoms with E-state index in [-0.39, 0.29) is 0 Å². The number of carbonyl (C=O) groups is 1. The van der Waals surface area contributed by atoms with Crippen molar-refractivity contribution in [3.63, 3.8) is 0 Å². The van der Waals surface area contributed by atoms with Crippen LogP contribution in [-0.2, 0) is 0 Å². The van der Waals surface area contributed by atoms with Crippen LogP contribution in [0.4, 0.5) is 4.79 Å². The average molecular weight is 132 g/mol. The fraction of sp³-hybridized carbons (Fsp3) is 0.800. The van der Waals surface area contributed by atoms with Gasteiger partial charge in [0.2, 0.25) is 0 Å². The lowest BCUT2D eigenvalue weighted by Crippen LogP contribution is -2.38. The van der Waals surface area contributed by atoms with E-state index in [0.717, 1.165) is 6.42 Å². The molecule has 2 amide bonds. The monoisotopic (exact) mass is 132 g/mol. The third kappa shape index (κ3) is 5.10. The van der Waals surface area contributed by atoms with Crippen LogP contribution >= 0.6 is 0 Å². The Morgan fingerprint density at radius 3 is 2.78 bits per heavy atom. The van der Waals surface area contributed by atoms with Crippen LogP contribution in [0.3, 0.4) is 0 Å². The predicted molar refractivity (Wildman–Crippen MR) is 33.6 cm³/mol. The largest absolute Gasteiger partial charge is 0.374 e. The van der Waals surface area contributed by atoms with Gasteiger partial charge in [-0.15, -0.1) is 0 Å². The lowest BCUT2D eigenvalue weighted by atomic mass is 10.3. The summed E-state index contributed by atoms with van der Waals surface area (Å²) in [4.78, 5) is 10.0. The Morgan fingerprint density at radius 2 is 2.44 bits per heavy atom. The number of nitrogens with one attached hydrogen (secondary N) is 1. The Morgan fingerprint density at radius 1 is 1.89 bits per heavy atom. The average Bonchev–Trinajstić information content (AvgIpc) is 1.63. The van der Waals surface area contributed by atoms with Gasteiger partial charge in [0.25, 0.3) is 0 Å². The highest BCUT2D eigenvalue weighted by Crippen LogP contribution is 1.89. The summed E-state index contributed by atoms with van der Waals surface area (Å²) in [6.07, 6.45) is 0.581. The van der Waals surface area contributed by atoms with Crippen molar-refractivity contribution in [3.05, 3.63) is 0 Å². The molecule has 0 aromatic carbocycles. The summed E-state index contributed by atoms with van der Waals surface area (Å²) in [6.45, 7) is 1.91. The van der Waals surface area contributed by atoms with Crippen molar-refractivity contribution in [1.82, 2.24) is 5.32 Å². The first kappa shape index (κ1) is 8.23. The zero-order valence-corrected chi connectivity index (χ0v) is 5.42. The molecule has 0 fully saturated rings. The van der Waals surface area contributed by atoms with Gasteiger partial charge in [-0.3, -0.25) is 0 Å². The van der Waals surface area contributed by atoms with Crippen molar-refractivity contribution in [2.24, 2.45) is 5.73 Å². The van der Waals surface area contributed by atoms with Crippen molar-refractivity contribution in [2.75, 3.05) is 0 Å². The minimum absolute atomic E-state index is 0.545. The van der Waals surface area contributed by atoms with Gasteiger partial charge in [-0.1, -0.05) is 13.3 Å². The maximum absolute atomic E-state index is 10.0. The van der Waals surface area contributed by atoms with Gasteiger partial charge in [-0.25, -0.2) is 4.79 Å². The van der Waals surface area contributed by atoms with Gasteiger partial charge in [0.15, 0.2) is 0 Å². The molecule has 0 spiro atoms. The van der Waals surface area contributed by atoms with Crippen LogP contribution < -0.4 is 11.1 Å². The summed E-state index contributed by atoms with van der Waals surface area (Å²) in [5.41, 5.74) is 4.71. The minimum atomic E-state index is -0.785. The first-order chi connectivity index (χ1) is 4.16. The molecule has 1 atom stereocenters.